The monoisotopic (exact) mass is 192 g/mol. The van der Waals surface area contributed by atoms with E-state index in [2.05, 4.69) is 11.9 Å². The molecule has 0 aliphatic rings. The van der Waals surface area contributed by atoms with Crippen LogP contribution in [0, 0.1) is 6.92 Å². The average molecular weight is 192 g/mol. The first-order valence-corrected chi connectivity index (χ1v) is 4.99. The Morgan fingerprint density at radius 1 is 1.38 bits per heavy atom. The zero-order valence-corrected chi connectivity index (χ0v) is 8.01. The van der Waals surface area contributed by atoms with Crippen LogP contribution >= 0.6 is 11.3 Å². The van der Waals surface area contributed by atoms with Crippen molar-refractivity contribution in [1.29, 1.82) is 0 Å². The van der Waals surface area contributed by atoms with Crippen LogP contribution in [0.1, 0.15) is 6.42 Å². The summed E-state index contributed by atoms with van der Waals surface area (Å²) in [5.41, 5.74) is 1.01. The molecular formula is C10H10NOS. The predicted octanol–water partition coefficient (Wildman–Crippen LogP) is 2.90. The average Bonchev–Trinajstić information content (AvgIpc) is 2.57. The van der Waals surface area contributed by atoms with Crippen LogP contribution in [-0.2, 0) is 0 Å². The maximum absolute atomic E-state index is 5.39. The Morgan fingerprint density at radius 2 is 2.23 bits per heavy atom. The van der Waals surface area contributed by atoms with E-state index in [4.69, 9.17) is 4.74 Å². The number of thiazole rings is 1. The molecule has 0 atom stereocenters. The summed E-state index contributed by atoms with van der Waals surface area (Å²) in [7, 11) is 0. The molecule has 2 nitrogen and oxygen atoms in total. The summed E-state index contributed by atoms with van der Waals surface area (Å²) in [6.45, 7) is 4.35. The fourth-order valence-electron chi connectivity index (χ4n) is 1.07. The Morgan fingerprint density at radius 3 is 3.00 bits per heavy atom. The highest BCUT2D eigenvalue weighted by molar-refractivity contribution is 7.20. The summed E-state index contributed by atoms with van der Waals surface area (Å²) in [4.78, 5) is 4.32. The van der Waals surface area contributed by atoms with Crippen LogP contribution in [0.2, 0.25) is 0 Å². The van der Waals surface area contributed by atoms with Gasteiger partial charge in [-0.3, -0.25) is 0 Å². The van der Waals surface area contributed by atoms with E-state index in [9.17, 15) is 0 Å². The molecule has 0 bridgehead atoms. The zero-order chi connectivity index (χ0) is 9.10. The van der Waals surface area contributed by atoms with Gasteiger partial charge in [0.15, 0.2) is 0 Å². The van der Waals surface area contributed by atoms with Crippen molar-refractivity contribution in [2.45, 2.75) is 6.42 Å². The third-order valence-corrected chi connectivity index (χ3v) is 2.59. The van der Waals surface area contributed by atoms with Crippen molar-refractivity contribution in [2.75, 3.05) is 6.61 Å². The molecule has 1 aromatic carbocycles. The van der Waals surface area contributed by atoms with Gasteiger partial charge in [0.1, 0.15) is 0 Å². The number of aromatic nitrogens is 1. The van der Waals surface area contributed by atoms with Crippen LogP contribution in [0.25, 0.3) is 10.2 Å². The van der Waals surface area contributed by atoms with Gasteiger partial charge in [-0.05, 0) is 25.5 Å². The van der Waals surface area contributed by atoms with Gasteiger partial charge in [0.25, 0.3) is 5.19 Å². The Labute approximate surface area is 81.2 Å². The Kier molecular flexibility index (Phi) is 2.45. The molecular weight excluding hydrogens is 182 g/mol. The van der Waals surface area contributed by atoms with Crippen LogP contribution in [-0.4, -0.2) is 11.6 Å². The number of hydrogen-bond donors (Lipinski definition) is 0. The largest absolute Gasteiger partial charge is 0.470 e. The second kappa shape index (κ2) is 3.75. The van der Waals surface area contributed by atoms with E-state index in [0.29, 0.717) is 6.61 Å². The molecule has 0 saturated carbocycles. The molecule has 0 N–H and O–H groups in total. The van der Waals surface area contributed by atoms with Crippen LogP contribution in [0.3, 0.4) is 0 Å². The Balaban J connectivity index is 2.28. The fourth-order valence-corrected chi connectivity index (χ4v) is 1.91. The Bertz CT molecular complexity index is 363. The van der Waals surface area contributed by atoms with Gasteiger partial charge in [-0.15, -0.1) is 0 Å². The van der Waals surface area contributed by atoms with E-state index in [1.807, 2.05) is 24.3 Å². The molecule has 1 aromatic heterocycles. The lowest BCUT2D eigenvalue weighted by Gasteiger charge is -1.95. The summed E-state index contributed by atoms with van der Waals surface area (Å²) in [6, 6.07) is 8.02. The van der Waals surface area contributed by atoms with Gasteiger partial charge in [-0.25, -0.2) is 4.98 Å². The minimum absolute atomic E-state index is 0.639. The molecule has 0 fully saturated rings. The summed E-state index contributed by atoms with van der Waals surface area (Å²) in [5, 5.41) is 0.741. The van der Waals surface area contributed by atoms with Crippen molar-refractivity contribution in [1.82, 2.24) is 4.98 Å². The van der Waals surface area contributed by atoms with Gasteiger partial charge in [-0.1, -0.05) is 23.5 Å². The molecule has 2 rings (SSSR count). The fraction of sp³-hybridized carbons (Fsp3) is 0.200. The molecule has 0 spiro atoms. The van der Waals surface area contributed by atoms with E-state index >= 15 is 0 Å². The molecule has 3 heteroatoms. The van der Waals surface area contributed by atoms with Gasteiger partial charge in [-0.2, -0.15) is 0 Å². The van der Waals surface area contributed by atoms with E-state index in [0.717, 1.165) is 17.1 Å². The number of benzene rings is 1. The number of para-hydroxylation sites is 1. The molecule has 0 saturated heterocycles. The standard InChI is InChI=1S/C10H10NOS/c1-2-7-12-10-11-8-5-3-4-6-9(8)13-10/h3-6H,1-2,7H2. The van der Waals surface area contributed by atoms with Gasteiger partial charge < -0.3 is 4.74 Å². The number of ether oxygens (including phenoxy) is 1. The molecule has 13 heavy (non-hydrogen) atoms. The molecule has 0 amide bonds. The summed E-state index contributed by atoms with van der Waals surface area (Å²) in [6.07, 6.45) is 0.774. The van der Waals surface area contributed by atoms with Crippen LogP contribution in [0.5, 0.6) is 5.19 Å². The third-order valence-electron chi connectivity index (χ3n) is 1.64. The van der Waals surface area contributed by atoms with E-state index in [1.54, 1.807) is 11.3 Å². The molecule has 0 aliphatic carbocycles. The minimum atomic E-state index is 0.639. The summed E-state index contributed by atoms with van der Waals surface area (Å²) < 4.78 is 6.55. The number of hydrogen-bond acceptors (Lipinski definition) is 3. The minimum Gasteiger partial charge on any atom is -0.470 e. The van der Waals surface area contributed by atoms with Crippen molar-refractivity contribution in [2.24, 2.45) is 0 Å². The lowest BCUT2D eigenvalue weighted by molar-refractivity contribution is 0.323. The topological polar surface area (TPSA) is 22.1 Å². The van der Waals surface area contributed by atoms with Crippen LogP contribution < -0.4 is 4.74 Å². The third kappa shape index (κ3) is 1.80. The zero-order valence-electron chi connectivity index (χ0n) is 7.19. The van der Waals surface area contributed by atoms with E-state index in [1.165, 1.54) is 4.70 Å². The smallest absolute Gasteiger partial charge is 0.274 e. The number of nitrogens with zero attached hydrogens (tertiary/aromatic N) is 1. The lowest BCUT2D eigenvalue weighted by atomic mass is 10.3. The highest BCUT2D eigenvalue weighted by Gasteiger charge is 2.02. The number of fused-ring (bicyclic) bond motifs is 1. The van der Waals surface area contributed by atoms with Crippen molar-refractivity contribution < 1.29 is 4.74 Å². The first-order valence-electron chi connectivity index (χ1n) is 4.18. The highest BCUT2D eigenvalue weighted by Crippen LogP contribution is 2.27. The van der Waals surface area contributed by atoms with Crippen LogP contribution in [0.4, 0.5) is 0 Å². The van der Waals surface area contributed by atoms with E-state index < -0.39 is 0 Å². The summed E-state index contributed by atoms with van der Waals surface area (Å²) in [5.74, 6) is 0. The Hall–Kier alpha value is -1.09. The number of rotatable bonds is 3. The molecule has 2 aromatic rings. The lowest BCUT2D eigenvalue weighted by Crippen LogP contribution is -1.93. The maximum atomic E-state index is 5.39. The van der Waals surface area contributed by atoms with Crippen molar-refractivity contribution in [3.8, 4) is 5.19 Å². The SMILES string of the molecule is [CH2]CCOc1nc2ccccc2s1. The molecule has 67 valence electrons. The molecule has 1 radical (unpaired) electrons. The normalized spacial score (nSPS) is 10.5. The van der Waals surface area contributed by atoms with Crippen molar-refractivity contribution in [3.05, 3.63) is 31.2 Å². The highest BCUT2D eigenvalue weighted by atomic mass is 32.1. The second-order valence-corrected chi connectivity index (χ2v) is 3.64. The first kappa shape index (κ1) is 8.51. The predicted molar refractivity (Wildman–Crippen MR) is 55.1 cm³/mol. The van der Waals surface area contributed by atoms with E-state index in [-0.39, 0.29) is 0 Å². The van der Waals surface area contributed by atoms with Gasteiger partial charge in [0.2, 0.25) is 0 Å². The second-order valence-electron chi connectivity index (χ2n) is 2.65. The van der Waals surface area contributed by atoms with Crippen molar-refractivity contribution >= 4 is 21.6 Å². The van der Waals surface area contributed by atoms with Gasteiger partial charge in [0.05, 0.1) is 16.8 Å². The summed E-state index contributed by atoms with van der Waals surface area (Å²) >= 11 is 1.58. The quantitative estimate of drug-likeness (QED) is 0.746. The molecule has 1 heterocycles. The van der Waals surface area contributed by atoms with Gasteiger partial charge >= 0.3 is 0 Å². The maximum Gasteiger partial charge on any atom is 0.274 e. The van der Waals surface area contributed by atoms with Crippen molar-refractivity contribution in [3.63, 3.8) is 0 Å². The van der Waals surface area contributed by atoms with Gasteiger partial charge in [0, 0.05) is 0 Å². The molecule has 0 aliphatic heterocycles. The first-order chi connectivity index (χ1) is 6.40. The molecule has 0 unspecified atom stereocenters. The van der Waals surface area contributed by atoms with Crippen LogP contribution in [0.15, 0.2) is 24.3 Å².